The number of rotatable bonds is 8. The van der Waals surface area contributed by atoms with Gasteiger partial charge in [-0.1, -0.05) is 39.5 Å². The molecule has 1 aromatic rings. The van der Waals surface area contributed by atoms with E-state index >= 15 is 0 Å². The molecular formula is C15H26O2. The minimum Gasteiger partial charge on any atom is -0.469 e. The number of aldehydes is 1. The lowest BCUT2D eigenvalue weighted by atomic mass is 10.2. The van der Waals surface area contributed by atoms with Gasteiger partial charge in [0.2, 0.25) is 0 Å². The van der Waals surface area contributed by atoms with Crippen LogP contribution in [0.1, 0.15) is 64.6 Å². The number of aryl methyl sites for hydroxylation is 1. The highest BCUT2D eigenvalue weighted by atomic mass is 16.3. The van der Waals surface area contributed by atoms with Crippen LogP contribution in [0.3, 0.4) is 0 Å². The quantitative estimate of drug-likeness (QED) is 0.482. The molecule has 0 saturated heterocycles. The summed E-state index contributed by atoms with van der Waals surface area (Å²) in [5.41, 5.74) is 0. The van der Waals surface area contributed by atoms with Gasteiger partial charge in [-0.25, -0.2) is 0 Å². The maximum absolute atomic E-state index is 9.68. The number of carbonyl (C=O) groups excluding carboxylic acids is 1. The summed E-state index contributed by atoms with van der Waals surface area (Å²) in [5, 5.41) is 0. The van der Waals surface area contributed by atoms with Crippen LogP contribution in [0.15, 0.2) is 22.8 Å². The van der Waals surface area contributed by atoms with Crippen molar-refractivity contribution < 1.29 is 9.21 Å². The summed E-state index contributed by atoms with van der Waals surface area (Å²) < 4.78 is 5.18. The Morgan fingerprint density at radius 2 is 1.82 bits per heavy atom. The van der Waals surface area contributed by atoms with Gasteiger partial charge in [-0.3, -0.25) is 0 Å². The average Bonchev–Trinajstić information content (AvgIpc) is 2.84. The van der Waals surface area contributed by atoms with Gasteiger partial charge in [-0.15, -0.1) is 0 Å². The molecule has 0 aliphatic heterocycles. The summed E-state index contributed by atoms with van der Waals surface area (Å²) in [6, 6.07) is 3.98. The van der Waals surface area contributed by atoms with Crippen molar-refractivity contribution in [2.24, 2.45) is 0 Å². The summed E-state index contributed by atoms with van der Waals surface area (Å²) in [6.07, 6.45) is 11.9. The van der Waals surface area contributed by atoms with E-state index in [9.17, 15) is 4.79 Å². The van der Waals surface area contributed by atoms with E-state index in [2.05, 4.69) is 13.8 Å². The van der Waals surface area contributed by atoms with Crippen molar-refractivity contribution in [2.75, 3.05) is 0 Å². The normalized spacial score (nSPS) is 9.53. The van der Waals surface area contributed by atoms with Crippen molar-refractivity contribution >= 4 is 6.29 Å². The van der Waals surface area contributed by atoms with Gasteiger partial charge in [0.25, 0.3) is 0 Å². The fraction of sp³-hybridized carbons (Fsp3) is 0.667. The molecule has 98 valence electrons. The average molecular weight is 238 g/mol. The zero-order valence-corrected chi connectivity index (χ0v) is 11.3. The molecule has 0 fully saturated rings. The third-order valence-corrected chi connectivity index (χ3v) is 2.53. The highest BCUT2D eigenvalue weighted by molar-refractivity contribution is 5.48. The molecular weight excluding hydrogens is 212 g/mol. The molecule has 0 bridgehead atoms. The van der Waals surface area contributed by atoms with Crippen molar-refractivity contribution in [1.29, 1.82) is 0 Å². The maximum Gasteiger partial charge on any atom is 0.119 e. The number of hydrogen-bond acceptors (Lipinski definition) is 2. The van der Waals surface area contributed by atoms with Crippen LogP contribution in [-0.4, -0.2) is 6.29 Å². The van der Waals surface area contributed by atoms with E-state index in [1.807, 2.05) is 12.1 Å². The first-order valence-electron chi connectivity index (χ1n) is 6.81. The van der Waals surface area contributed by atoms with Gasteiger partial charge in [0.15, 0.2) is 0 Å². The third-order valence-electron chi connectivity index (χ3n) is 2.53. The summed E-state index contributed by atoms with van der Waals surface area (Å²) in [7, 11) is 0. The van der Waals surface area contributed by atoms with Gasteiger partial charge in [0, 0.05) is 12.8 Å². The zero-order chi connectivity index (χ0) is 12.8. The number of furan rings is 1. The molecule has 0 spiro atoms. The van der Waals surface area contributed by atoms with Crippen LogP contribution >= 0.6 is 0 Å². The molecule has 1 aromatic heterocycles. The van der Waals surface area contributed by atoms with E-state index in [1.54, 1.807) is 6.26 Å². The van der Waals surface area contributed by atoms with E-state index in [0.29, 0.717) is 0 Å². The van der Waals surface area contributed by atoms with E-state index < -0.39 is 0 Å². The number of hydrogen-bond donors (Lipinski definition) is 0. The van der Waals surface area contributed by atoms with Crippen molar-refractivity contribution in [3.8, 4) is 0 Å². The van der Waals surface area contributed by atoms with E-state index in [1.165, 1.54) is 32.1 Å². The van der Waals surface area contributed by atoms with Crippen LogP contribution in [0.25, 0.3) is 0 Å². The zero-order valence-electron chi connectivity index (χ0n) is 11.3. The second kappa shape index (κ2) is 13.0. The van der Waals surface area contributed by atoms with Gasteiger partial charge in [-0.2, -0.15) is 0 Å². The number of unbranched alkanes of at least 4 members (excludes halogenated alkanes) is 5. The molecule has 2 nitrogen and oxygen atoms in total. The largest absolute Gasteiger partial charge is 0.469 e. The van der Waals surface area contributed by atoms with E-state index in [0.717, 1.165) is 31.3 Å². The fourth-order valence-electron chi connectivity index (χ4n) is 1.48. The molecule has 0 unspecified atom stereocenters. The SMILES string of the molecule is CCCCCC=O.CCCCCc1ccco1. The first-order valence-corrected chi connectivity index (χ1v) is 6.81. The molecule has 0 aliphatic carbocycles. The van der Waals surface area contributed by atoms with Crippen LogP contribution in [0.2, 0.25) is 0 Å². The van der Waals surface area contributed by atoms with Crippen LogP contribution in [0, 0.1) is 0 Å². The molecule has 0 aromatic carbocycles. The second-order valence-electron chi connectivity index (χ2n) is 4.20. The molecule has 1 heterocycles. The Labute approximate surface area is 105 Å². The van der Waals surface area contributed by atoms with Crippen LogP contribution < -0.4 is 0 Å². The van der Waals surface area contributed by atoms with E-state index in [4.69, 9.17) is 4.42 Å². The molecule has 0 saturated carbocycles. The lowest BCUT2D eigenvalue weighted by Crippen LogP contribution is -1.80. The lowest BCUT2D eigenvalue weighted by Gasteiger charge is -1.93. The Morgan fingerprint density at radius 1 is 1.12 bits per heavy atom. The summed E-state index contributed by atoms with van der Waals surface area (Å²) in [5.74, 6) is 1.12. The van der Waals surface area contributed by atoms with Crippen molar-refractivity contribution in [1.82, 2.24) is 0 Å². The Kier molecular flexibility index (Phi) is 12.2. The van der Waals surface area contributed by atoms with Crippen molar-refractivity contribution in [3.63, 3.8) is 0 Å². The first kappa shape index (κ1) is 16.0. The standard InChI is InChI=1S/C9H14O.C6H12O/c1-2-3-4-6-9-7-5-8-10-9;1-2-3-4-5-6-7/h5,7-8H,2-4,6H2,1H3;6H,2-5H2,1H3. The van der Waals surface area contributed by atoms with Gasteiger partial charge in [0.05, 0.1) is 6.26 Å². The molecule has 0 atom stereocenters. The molecule has 0 aliphatic rings. The summed E-state index contributed by atoms with van der Waals surface area (Å²) in [6.45, 7) is 4.34. The Hall–Kier alpha value is -1.05. The molecule has 1 rings (SSSR count). The minimum absolute atomic E-state index is 0.744. The molecule has 2 heteroatoms. The Balaban J connectivity index is 0.000000325. The smallest absolute Gasteiger partial charge is 0.119 e. The molecule has 0 N–H and O–H groups in total. The van der Waals surface area contributed by atoms with Crippen molar-refractivity contribution in [2.45, 2.75) is 65.2 Å². The predicted octanol–water partition coefficient (Wildman–Crippen LogP) is 4.78. The van der Waals surface area contributed by atoms with Crippen LogP contribution in [0.5, 0.6) is 0 Å². The van der Waals surface area contributed by atoms with Gasteiger partial charge < -0.3 is 9.21 Å². The third kappa shape index (κ3) is 11.2. The van der Waals surface area contributed by atoms with Crippen molar-refractivity contribution in [3.05, 3.63) is 24.2 Å². The van der Waals surface area contributed by atoms with Crippen LogP contribution in [-0.2, 0) is 11.2 Å². The van der Waals surface area contributed by atoms with Gasteiger partial charge in [-0.05, 0) is 25.0 Å². The Morgan fingerprint density at radius 3 is 2.35 bits per heavy atom. The van der Waals surface area contributed by atoms with E-state index in [-0.39, 0.29) is 0 Å². The number of carbonyl (C=O) groups is 1. The monoisotopic (exact) mass is 238 g/mol. The second-order valence-corrected chi connectivity index (χ2v) is 4.20. The fourth-order valence-corrected chi connectivity index (χ4v) is 1.48. The molecule has 17 heavy (non-hydrogen) atoms. The topological polar surface area (TPSA) is 30.2 Å². The molecule has 0 amide bonds. The summed E-state index contributed by atoms with van der Waals surface area (Å²) >= 11 is 0. The predicted molar refractivity (Wildman–Crippen MR) is 72.1 cm³/mol. The van der Waals surface area contributed by atoms with Gasteiger partial charge >= 0.3 is 0 Å². The highest BCUT2D eigenvalue weighted by Gasteiger charge is 1.92. The molecule has 0 radical (unpaired) electrons. The summed E-state index contributed by atoms with van der Waals surface area (Å²) in [4.78, 5) is 9.68. The minimum atomic E-state index is 0.744. The van der Waals surface area contributed by atoms with Crippen LogP contribution in [0.4, 0.5) is 0 Å². The maximum atomic E-state index is 9.68. The highest BCUT2D eigenvalue weighted by Crippen LogP contribution is 2.06. The van der Waals surface area contributed by atoms with Gasteiger partial charge in [0.1, 0.15) is 12.0 Å². The lowest BCUT2D eigenvalue weighted by molar-refractivity contribution is -0.107. The Bertz CT molecular complexity index is 239. The first-order chi connectivity index (χ1) is 8.35.